The van der Waals surface area contributed by atoms with Gasteiger partial charge in [0.05, 0.1) is 34.9 Å². The summed E-state index contributed by atoms with van der Waals surface area (Å²) in [4.78, 5) is 36.4. The van der Waals surface area contributed by atoms with Gasteiger partial charge in [-0.25, -0.2) is 20.8 Å². The van der Waals surface area contributed by atoms with E-state index in [-0.39, 0.29) is 11.4 Å². The number of pyridine rings is 2. The summed E-state index contributed by atoms with van der Waals surface area (Å²) < 4.78 is 0. The monoisotopic (exact) mass is 461 g/mol. The van der Waals surface area contributed by atoms with E-state index in [0.29, 0.717) is 11.4 Å². The first-order valence-corrected chi connectivity index (χ1v) is 10.7. The van der Waals surface area contributed by atoms with Crippen molar-refractivity contribution >= 4 is 46.0 Å². The molecule has 0 aliphatic heterocycles. The third kappa shape index (κ3) is 5.09. The zero-order valence-corrected chi connectivity index (χ0v) is 18.3. The van der Waals surface area contributed by atoms with Gasteiger partial charge >= 0.3 is 0 Å². The number of amides is 2. The Morgan fingerprint density at radius 2 is 1.09 bits per heavy atom. The molecular weight excluding hydrogens is 442 g/mol. The Morgan fingerprint density at radius 1 is 0.629 bits per heavy atom. The molecule has 0 spiro atoms. The molecule has 0 saturated carbocycles. The van der Waals surface area contributed by atoms with Crippen molar-refractivity contribution in [3.8, 4) is 0 Å². The molecule has 2 amide bonds. The van der Waals surface area contributed by atoms with E-state index in [9.17, 15) is 9.59 Å². The number of carbonyl (C=O) groups excluding carboxylic acids is 2. The highest BCUT2D eigenvalue weighted by atomic mass is 16.2. The average molecular weight is 461 g/mol. The van der Waals surface area contributed by atoms with E-state index >= 15 is 0 Å². The van der Waals surface area contributed by atoms with Crippen molar-refractivity contribution in [3.63, 3.8) is 0 Å². The number of rotatable bonds is 6. The molecule has 0 bridgehead atoms. The van der Waals surface area contributed by atoms with Crippen LogP contribution in [0.15, 0.2) is 95.1 Å². The van der Waals surface area contributed by atoms with Gasteiger partial charge in [-0.3, -0.25) is 9.59 Å². The highest BCUT2D eigenvalue weighted by molar-refractivity contribution is 5.96. The summed E-state index contributed by atoms with van der Waals surface area (Å²) in [6, 6.07) is 25.6. The van der Waals surface area contributed by atoms with Crippen LogP contribution in [0.3, 0.4) is 0 Å². The normalized spacial score (nSPS) is 11.4. The summed E-state index contributed by atoms with van der Waals surface area (Å²) in [6.07, 6.45) is 2.93. The summed E-state index contributed by atoms with van der Waals surface area (Å²) >= 11 is 0. The molecule has 0 aliphatic rings. The third-order valence-corrected chi connectivity index (χ3v) is 5.13. The van der Waals surface area contributed by atoms with Gasteiger partial charge in [0.1, 0.15) is 11.4 Å². The predicted molar refractivity (Wildman–Crippen MR) is 134 cm³/mol. The fourth-order valence-corrected chi connectivity index (χ4v) is 3.40. The lowest BCUT2D eigenvalue weighted by atomic mass is 10.2. The Hall–Kier alpha value is -5.18. The van der Waals surface area contributed by atoms with Gasteiger partial charge in [-0.05, 0) is 36.4 Å². The average Bonchev–Trinajstić information content (AvgIpc) is 3.35. The first-order chi connectivity index (χ1) is 17.2. The fourth-order valence-electron chi connectivity index (χ4n) is 3.40. The van der Waals surface area contributed by atoms with E-state index in [1.54, 1.807) is 24.3 Å². The second-order valence-corrected chi connectivity index (χ2v) is 7.55. The zero-order chi connectivity index (χ0) is 24.0. The maximum absolute atomic E-state index is 12.3. The maximum Gasteiger partial charge on any atom is 0.289 e. The number of H-pyrrole nitrogens is 1. The van der Waals surface area contributed by atoms with Gasteiger partial charge in [-0.2, -0.15) is 10.2 Å². The summed E-state index contributed by atoms with van der Waals surface area (Å²) in [6.45, 7) is 0. The lowest BCUT2D eigenvalue weighted by Crippen LogP contribution is -2.19. The molecule has 0 unspecified atom stereocenters. The number of nitrogens with zero attached hydrogens (tertiary/aromatic N) is 4. The summed E-state index contributed by atoms with van der Waals surface area (Å²) in [7, 11) is 0. The Kier molecular flexibility index (Phi) is 6.03. The second kappa shape index (κ2) is 9.75. The van der Waals surface area contributed by atoms with Crippen LogP contribution in [0.2, 0.25) is 0 Å². The third-order valence-electron chi connectivity index (χ3n) is 5.13. The number of nitrogens with one attached hydrogen (secondary N) is 3. The van der Waals surface area contributed by atoms with Crippen molar-refractivity contribution in [1.29, 1.82) is 0 Å². The second-order valence-electron chi connectivity index (χ2n) is 7.55. The molecule has 0 atom stereocenters. The van der Waals surface area contributed by atoms with Crippen LogP contribution in [0.5, 0.6) is 0 Å². The molecule has 5 rings (SSSR count). The number of hydrazone groups is 2. The SMILES string of the molecule is O=C(N/N=C/c1ccc(/C=N/NC(=O)c2ccc3ccccc3n2)[nH]1)c1ccc2ccccc2n1. The fraction of sp³-hybridized carbons (Fsp3) is 0. The molecule has 170 valence electrons. The first kappa shape index (κ1) is 21.7. The van der Waals surface area contributed by atoms with Crippen LogP contribution in [0.25, 0.3) is 21.8 Å². The number of hydrogen-bond donors (Lipinski definition) is 3. The quantitative estimate of drug-likeness (QED) is 0.264. The molecule has 0 saturated heterocycles. The van der Waals surface area contributed by atoms with Gasteiger partial charge < -0.3 is 4.98 Å². The van der Waals surface area contributed by atoms with E-state index in [1.165, 1.54) is 12.4 Å². The molecular formula is C26H19N7O2. The molecule has 9 nitrogen and oxygen atoms in total. The van der Waals surface area contributed by atoms with E-state index in [0.717, 1.165) is 21.8 Å². The molecule has 0 radical (unpaired) electrons. The van der Waals surface area contributed by atoms with Crippen LogP contribution in [-0.4, -0.2) is 39.2 Å². The minimum absolute atomic E-state index is 0.275. The number of para-hydroxylation sites is 2. The van der Waals surface area contributed by atoms with Gasteiger partial charge in [0.25, 0.3) is 11.8 Å². The molecule has 9 heteroatoms. The van der Waals surface area contributed by atoms with E-state index in [2.05, 4.69) is 36.0 Å². The molecule has 35 heavy (non-hydrogen) atoms. The van der Waals surface area contributed by atoms with Crippen LogP contribution in [0.4, 0.5) is 0 Å². The summed E-state index contributed by atoms with van der Waals surface area (Å²) in [5.41, 5.74) is 8.22. The first-order valence-electron chi connectivity index (χ1n) is 10.7. The standard InChI is InChI=1S/C26H19N7O2/c34-25(23-13-9-17-5-1-3-7-21(17)30-23)32-27-15-19-11-12-20(29-19)16-28-33-26(35)24-14-10-18-6-2-4-8-22(18)31-24/h1-16,29H,(H,32,34)(H,33,35)/b27-15+,28-16+. The van der Waals surface area contributed by atoms with Crippen molar-refractivity contribution in [2.24, 2.45) is 10.2 Å². The van der Waals surface area contributed by atoms with Crippen LogP contribution in [0, 0.1) is 0 Å². The van der Waals surface area contributed by atoms with Crippen molar-refractivity contribution in [2.45, 2.75) is 0 Å². The summed E-state index contributed by atoms with van der Waals surface area (Å²) in [5.74, 6) is -0.823. The Bertz CT molecular complexity index is 1490. The van der Waals surface area contributed by atoms with Crippen molar-refractivity contribution in [2.75, 3.05) is 0 Å². The highest BCUT2D eigenvalue weighted by Crippen LogP contribution is 2.12. The van der Waals surface area contributed by atoms with E-state index in [1.807, 2.05) is 60.7 Å². The lowest BCUT2D eigenvalue weighted by Gasteiger charge is -2.01. The Balaban J connectivity index is 1.16. The molecule has 3 heterocycles. The van der Waals surface area contributed by atoms with Gasteiger partial charge in [0.15, 0.2) is 0 Å². The Morgan fingerprint density at radius 3 is 1.57 bits per heavy atom. The predicted octanol–water partition coefficient (Wildman–Crippen LogP) is 3.64. The number of aromatic amines is 1. The minimum atomic E-state index is -0.412. The zero-order valence-electron chi connectivity index (χ0n) is 18.3. The number of hydrogen-bond acceptors (Lipinski definition) is 6. The molecule has 0 fully saturated rings. The number of fused-ring (bicyclic) bond motifs is 2. The summed E-state index contributed by atoms with van der Waals surface area (Å²) in [5, 5.41) is 9.84. The maximum atomic E-state index is 12.3. The van der Waals surface area contributed by atoms with Crippen LogP contribution in [-0.2, 0) is 0 Å². The topological polar surface area (TPSA) is 124 Å². The molecule has 3 N–H and O–H groups in total. The van der Waals surface area contributed by atoms with Crippen molar-refractivity contribution in [3.05, 3.63) is 108 Å². The van der Waals surface area contributed by atoms with Crippen LogP contribution < -0.4 is 10.9 Å². The van der Waals surface area contributed by atoms with Gasteiger partial charge in [0, 0.05) is 10.8 Å². The smallest absolute Gasteiger partial charge is 0.289 e. The Labute approximate surface area is 199 Å². The molecule has 5 aromatic rings. The lowest BCUT2D eigenvalue weighted by molar-refractivity contribution is 0.0942. The molecule has 0 aliphatic carbocycles. The van der Waals surface area contributed by atoms with Crippen LogP contribution in [0.1, 0.15) is 32.4 Å². The van der Waals surface area contributed by atoms with Crippen LogP contribution >= 0.6 is 0 Å². The largest absolute Gasteiger partial charge is 0.353 e. The highest BCUT2D eigenvalue weighted by Gasteiger charge is 2.08. The molecule has 2 aromatic carbocycles. The minimum Gasteiger partial charge on any atom is -0.353 e. The van der Waals surface area contributed by atoms with E-state index < -0.39 is 11.8 Å². The number of aromatic nitrogens is 3. The van der Waals surface area contributed by atoms with Gasteiger partial charge in [-0.15, -0.1) is 0 Å². The van der Waals surface area contributed by atoms with Gasteiger partial charge in [-0.1, -0.05) is 48.5 Å². The number of benzene rings is 2. The van der Waals surface area contributed by atoms with Crippen molar-refractivity contribution in [1.82, 2.24) is 25.8 Å². The number of carbonyl (C=O) groups is 2. The van der Waals surface area contributed by atoms with E-state index in [4.69, 9.17) is 0 Å². The van der Waals surface area contributed by atoms with Gasteiger partial charge in [0.2, 0.25) is 0 Å². The van der Waals surface area contributed by atoms with Crippen molar-refractivity contribution < 1.29 is 9.59 Å². The molecule has 3 aromatic heterocycles.